The van der Waals surface area contributed by atoms with Crippen molar-refractivity contribution in [3.8, 4) is 0 Å². The first-order chi connectivity index (χ1) is 14.4. The molecule has 4 aromatic rings. The van der Waals surface area contributed by atoms with Crippen LogP contribution < -0.4 is 15.8 Å². The van der Waals surface area contributed by atoms with Gasteiger partial charge in [0.25, 0.3) is 0 Å². The molecule has 0 spiro atoms. The Kier molecular flexibility index (Phi) is 5.71. The molecule has 154 valence electrons. The summed E-state index contributed by atoms with van der Waals surface area (Å²) in [4.78, 5) is 12.1. The van der Waals surface area contributed by atoms with Crippen molar-refractivity contribution in [2.24, 2.45) is 5.14 Å². The SMILES string of the molecule is NS(=O)(=O)c1ccc(Nc2ncc(Br)c(NCCc3c[nH]c4ccccc34)n2)cc1. The molecular formula is C20H19BrN6O2S. The number of hydrogen-bond acceptors (Lipinski definition) is 6. The number of halogens is 1. The van der Waals surface area contributed by atoms with Crippen LogP contribution in [-0.2, 0) is 16.4 Å². The van der Waals surface area contributed by atoms with Gasteiger partial charge in [0.15, 0.2) is 0 Å². The third-order valence-electron chi connectivity index (χ3n) is 4.54. The monoisotopic (exact) mass is 486 g/mol. The van der Waals surface area contributed by atoms with Gasteiger partial charge in [-0.05, 0) is 58.2 Å². The standard InChI is InChI=1S/C20H19BrN6O2S/c21-17-12-25-20(26-14-5-7-15(8-6-14)30(22,28)29)27-19(17)23-10-9-13-11-24-18-4-2-1-3-16(13)18/h1-8,11-12,24H,9-10H2,(H2,22,28,29)(H2,23,25,26,27). The number of nitrogens with two attached hydrogens (primary N) is 1. The fourth-order valence-electron chi connectivity index (χ4n) is 3.06. The first-order valence-corrected chi connectivity index (χ1v) is 11.5. The summed E-state index contributed by atoms with van der Waals surface area (Å²) < 4.78 is 23.5. The zero-order valence-corrected chi connectivity index (χ0v) is 18.2. The van der Waals surface area contributed by atoms with E-state index in [2.05, 4.69) is 53.6 Å². The number of sulfonamides is 1. The molecule has 0 aliphatic rings. The van der Waals surface area contributed by atoms with E-state index in [1.54, 1.807) is 18.3 Å². The molecule has 0 aliphatic heterocycles. The maximum absolute atomic E-state index is 11.4. The Bertz CT molecular complexity index is 1290. The Balaban J connectivity index is 1.43. The number of nitrogens with zero attached hydrogens (tertiary/aromatic N) is 2. The number of hydrogen-bond donors (Lipinski definition) is 4. The van der Waals surface area contributed by atoms with E-state index in [9.17, 15) is 8.42 Å². The smallest absolute Gasteiger partial charge is 0.238 e. The molecule has 0 saturated carbocycles. The summed E-state index contributed by atoms with van der Waals surface area (Å²) in [5.41, 5.74) is 3.00. The van der Waals surface area contributed by atoms with E-state index in [0.717, 1.165) is 16.4 Å². The third-order valence-corrected chi connectivity index (χ3v) is 6.05. The van der Waals surface area contributed by atoms with Gasteiger partial charge in [-0.15, -0.1) is 0 Å². The second-order valence-corrected chi connectivity index (χ2v) is 9.04. The van der Waals surface area contributed by atoms with Gasteiger partial charge in [0.1, 0.15) is 5.82 Å². The van der Waals surface area contributed by atoms with Gasteiger partial charge in [0, 0.05) is 35.5 Å². The number of benzene rings is 2. The molecule has 8 nitrogen and oxygen atoms in total. The minimum absolute atomic E-state index is 0.0458. The molecule has 0 radical (unpaired) electrons. The van der Waals surface area contributed by atoms with Crippen molar-refractivity contribution < 1.29 is 8.42 Å². The largest absolute Gasteiger partial charge is 0.369 e. The number of nitrogens with one attached hydrogen (secondary N) is 3. The molecule has 0 fully saturated rings. The summed E-state index contributed by atoms with van der Waals surface area (Å²) in [6.07, 6.45) is 4.51. The first kappa shape index (κ1) is 20.3. The van der Waals surface area contributed by atoms with Crippen LogP contribution in [0.3, 0.4) is 0 Å². The summed E-state index contributed by atoms with van der Waals surface area (Å²) in [5.74, 6) is 1.05. The van der Waals surface area contributed by atoms with E-state index < -0.39 is 10.0 Å². The Morgan fingerprint density at radius 1 is 1.10 bits per heavy atom. The predicted molar refractivity (Wildman–Crippen MR) is 121 cm³/mol. The number of rotatable bonds is 7. The van der Waals surface area contributed by atoms with Gasteiger partial charge in [-0.3, -0.25) is 0 Å². The van der Waals surface area contributed by atoms with Gasteiger partial charge in [-0.25, -0.2) is 18.5 Å². The molecule has 2 heterocycles. The summed E-state index contributed by atoms with van der Waals surface area (Å²) >= 11 is 3.46. The van der Waals surface area contributed by atoms with Crippen LogP contribution in [0.4, 0.5) is 17.5 Å². The molecular weight excluding hydrogens is 468 g/mol. The summed E-state index contributed by atoms with van der Waals surface area (Å²) in [7, 11) is -3.73. The summed E-state index contributed by atoms with van der Waals surface area (Å²) in [6, 6.07) is 14.3. The molecule has 2 aromatic heterocycles. The second kappa shape index (κ2) is 8.42. The molecule has 0 unspecified atom stereocenters. The maximum Gasteiger partial charge on any atom is 0.238 e. The van der Waals surface area contributed by atoms with Crippen LogP contribution >= 0.6 is 15.9 Å². The minimum atomic E-state index is -3.73. The van der Waals surface area contributed by atoms with Crippen LogP contribution in [-0.4, -0.2) is 29.9 Å². The fraction of sp³-hybridized carbons (Fsp3) is 0.100. The van der Waals surface area contributed by atoms with Crippen LogP contribution in [0.15, 0.2) is 70.3 Å². The van der Waals surface area contributed by atoms with E-state index in [0.29, 0.717) is 24.0 Å². The van der Waals surface area contributed by atoms with E-state index in [4.69, 9.17) is 5.14 Å². The zero-order chi connectivity index (χ0) is 21.1. The van der Waals surface area contributed by atoms with Crippen molar-refractivity contribution in [2.45, 2.75) is 11.3 Å². The van der Waals surface area contributed by atoms with Gasteiger partial charge in [0.05, 0.1) is 9.37 Å². The average Bonchev–Trinajstić information content (AvgIpc) is 3.13. The Morgan fingerprint density at radius 2 is 1.87 bits per heavy atom. The molecule has 30 heavy (non-hydrogen) atoms. The van der Waals surface area contributed by atoms with Gasteiger partial charge in [0.2, 0.25) is 16.0 Å². The van der Waals surface area contributed by atoms with Crippen molar-refractivity contribution in [1.82, 2.24) is 15.0 Å². The number of aromatic amines is 1. The number of H-pyrrole nitrogens is 1. The highest BCUT2D eigenvalue weighted by Gasteiger charge is 2.09. The van der Waals surface area contributed by atoms with Crippen LogP contribution in [0.1, 0.15) is 5.56 Å². The average molecular weight is 487 g/mol. The lowest BCUT2D eigenvalue weighted by Crippen LogP contribution is -2.12. The van der Waals surface area contributed by atoms with E-state index >= 15 is 0 Å². The van der Waals surface area contributed by atoms with Crippen LogP contribution in [0.5, 0.6) is 0 Å². The highest BCUT2D eigenvalue weighted by Crippen LogP contribution is 2.23. The number of anilines is 3. The topological polar surface area (TPSA) is 126 Å². The summed E-state index contributed by atoms with van der Waals surface area (Å²) in [5, 5.41) is 12.7. The van der Waals surface area contributed by atoms with Crippen molar-refractivity contribution in [3.05, 3.63) is 71.0 Å². The number of primary sulfonamides is 1. The van der Waals surface area contributed by atoms with Crippen molar-refractivity contribution in [1.29, 1.82) is 0 Å². The van der Waals surface area contributed by atoms with E-state index in [1.165, 1.54) is 23.1 Å². The molecule has 0 bridgehead atoms. The minimum Gasteiger partial charge on any atom is -0.369 e. The maximum atomic E-state index is 11.4. The first-order valence-electron chi connectivity index (χ1n) is 9.11. The zero-order valence-electron chi connectivity index (χ0n) is 15.8. The second-order valence-electron chi connectivity index (χ2n) is 6.62. The molecule has 5 N–H and O–H groups in total. The Hall–Kier alpha value is -2.95. The van der Waals surface area contributed by atoms with Crippen LogP contribution in [0.25, 0.3) is 10.9 Å². The molecule has 2 aromatic carbocycles. The number of fused-ring (bicyclic) bond motifs is 1. The lowest BCUT2D eigenvalue weighted by molar-refractivity contribution is 0.598. The van der Waals surface area contributed by atoms with Crippen LogP contribution in [0, 0.1) is 0 Å². The summed E-state index contributed by atoms with van der Waals surface area (Å²) in [6.45, 7) is 0.694. The van der Waals surface area contributed by atoms with Gasteiger partial charge in [-0.1, -0.05) is 18.2 Å². The molecule has 0 amide bonds. The third kappa shape index (κ3) is 4.61. The number of aromatic nitrogens is 3. The van der Waals surface area contributed by atoms with Crippen molar-refractivity contribution in [3.63, 3.8) is 0 Å². The quantitative estimate of drug-likeness (QED) is 0.315. The van der Waals surface area contributed by atoms with Gasteiger partial charge >= 0.3 is 0 Å². The highest BCUT2D eigenvalue weighted by molar-refractivity contribution is 9.10. The van der Waals surface area contributed by atoms with E-state index in [-0.39, 0.29) is 4.90 Å². The lowest BCUT2D eigenvalue weighted by atomic mass is 10.1. The molecule has 0 saturated heterocycles. The fourth-order valence-corrected chi connectivity index (χ4v) is 3.91. The van der Waals surface area contributed by atoms with Crippen molar-refractivity contribution >= 4 is 54.3 Å². The number of para-hydroxylation sites is 1. The van der Waals surface area contributed by atoms with E-state index in [1.807, 2.05) is 18.3 Å². The van der Waals surface area contributed by atoms with Gasteiger partial charge < -0.3 is 15.6 Å². The molecule has 4 rings (SSSR count). The molecule has 0 aliphatic carbocycles. The lowest BCUT2D eigenvalue weighted by Gasteiger charge is -2.10. The highest BCUT2D eigenvalue weighted by atomic mass is 79.9. The van der Waals surface area contributed by atoms with Gasteiger partial charge in [-0.2, -0.15) is 4.98 Å². The Labute approximate surface area is 182 Å². The normalized spacial score (nSPS) is 11.5. The van der Waals surface area contributed by atoms with Crippen LogP contribution in [0.2, 0.25) is 0 Å². The predicted octanol–water partition coefficient (Wildman–Crippen LogP) is 3.77. The molecule has 0 atom stereocenters. The van der Waals surface area contributed by atoms with Crippen molar-refractivity contribution in [2.75, 3.05) is 17.2 Å². The molecule has 10 heteroatoms. The Morgan fingerprint density at radius 3 is 2.63 bits per heavy atom.